The molecule has 9 heteroatoms. The van der Waals surface area contributed by atoms with Crippen LogP contribution < -0.4 is 4.72 Å². The molecule has 118 valence electrons. The fourth-order valence-corrected chi connectivity index (χ4v) is 3.08. The van der Waals surface area contributed by atoms with Gasteiger partial charge in [-0.05, 0) is 30.3 Å². The zero-order chi connectivity index (χ0) is 16.4. The Morgan fingerprint density at radius 1 is 1.18 bits per heavy atom. The molecular weight excluding hydrogens is 341 g/mol. The SMILES string of the molecule is O=S(=O)(NCc1ccccn1)c1ccc(Cl)cc1C(F)(F)F. The third-order valence-electron chi connectivity index (χ3n) is 2.71. The number of alkyl halides is 3. The van der Waals surface area contributed by atoms with Crippen LogP contribution in [0.25, 0.3) is 0 Å². The fourth-order valence-electron chi connectivity index (χ4n) is 1.71. The molecule has 0 bridgehead atoms. The van der Waals surface area contributed by atoms with Crippen LogP contribution in [0.3, 0.4) is 0 Å². The topological polar surface area (TPSA) is 59.1 Å². The van der Waals surface area contributed by atoms with Gasteiger partial charge in [-0.2, -0.15) is 13.2 Å². The highest BCUT2D eigenvalue weighted by atomic mass is 35.5. The Bertz CT molecular complexity index is 765. The average molecular weight is 351 g/mol. The lowest BCUT2D eigenvalue weighted by Crippen LogP contribution is -2.26. The molecule has 1 heterocycles. The van der Waals surface area contributed by atoms with Gasteiger partial charge in [0, 0.05) is 11.2 Å². The van der Waals surface area contributed by atoms with Gasteiger partial charge < -0.3 is 0 Å². The Labute approximate surface area is 130 Å². The van der Waals surface area contributed by atoms with Crippen LogP contribution in [0.15, 0.2) is 47.5 Å². The van der Waals surface area contributed by atoms with Gasteiger partial charge in [0.2, 0.25) is 10.0 Å². The van der Waals surface area contributed by atoms with E-state index >= 15 is 0 Å². The minimum absolute atomic E-state index is 0.198. The lowest BCUT2D eigenvalue weighted by Gasteiger charge is -2.14. The van der Waals surface area contributed by atoms with Crippen LogP contribution in [-0.2, 0) is 22.7 Å². The smallest absolute Gasteiger partial charge is 0.260 e. The molecule has 0 aliphatic heterocycles. The monoisotopic (exact) mass is 350 g/mol. The van der Waals surface area contributed by atoms with Crippen LogP contribution in [0.2, 0.25) is 5.02 Å². The van der Waals surface area contributed by atoms with Crippen LogP contribution in [0.1, 0.15) is 11.3 Å². The summed E-state index contributed by atoms with van der Waals surface area (Å²) in [6.07, 6.45) is -3.38. The van der Waals surface area contributed by atoms with Crippen LogP contribution in [0, 0.1) is 0 Å². The maximum absolute atomic E-state index is 13.0. The third-order valence-corrected chi connectivity index (χ3v) is 4.40. The Hall–Kier alpha value is -1.64. The molecule has 0 amide bonds. The average Bonchev–Trinajstić information content (AvgIpc) is 2.45. The molecule has 1 aromatic heterocycles. The Morgan fingerprint density at radius 2 is 1.91 bits per heavy atom. The molecule has 0 unspecified atom stereocenters. The minimum Gasteiger partial charge on any atom is -0.260 e. The number of hydrogen-bond acceptors (Lipinski definition) is 3. The number of rotatable bonds is 4. The maximum Gasteiger partial charge on any atom is 0.417 e. The van der Waals surface area contributed by atoms with E-state index in [1.807, 2.05) is 0 Å². The second kappa shape index (κ2) is 6.23. The molecule has 0 fully saturated rings. The van der Waals surface area contributed by atoms with Crippen molar-refractivity contribution < 1.29 is 21.6 Å². The van der Waals surface area contributed by atoms with E-state index in [4.69, 9.17) is 11.6 Å². The Balaban J connectivity index is 2.34. The van der Waals surface area contributed by atoms with Gasteiger partial charge in [-0.1, -0.05) is 17.7 Å². The number of sulfonamides is 1. The molecule has 0 atom stereocenters. The number of hydrogen-bond donors (Lipinski definition) is 1. The number of nitrogens with one attached hydrogen (secondary N) is 1. The molecule has 4 nitrogen and oxygen atoms in total. The van der Waals surface area contributed by atoms with Crippen molar-refractivity contribution in [1.29, 1.82) is 0 Å². The molecule has 2 aromatic rings. The van der Waals surface area contributed by atoms with Gasteiger partial charge in [-0.25, -0.2) is 13.1 Å². The van der Waals surface area contributed by atoms with Gasteiger partial charge in [0.25, 0.3) is 0 Å². The van der Waals surface area contributed by atoms with E-state index in [9.17, 15) is 21.6 Å². The first-order chi connectivity index (χ1) is 10.2. The van der Waals surface area contributed by atoms with Crippen molar-refractivity contribution in [3.8, 4) is 0 Å². The van der Waals surface area contributed by atoms with Gasteiger partial charge in [-0.3, -0.25) is 4.98 Å². The summed E-state index contributed by atoms with van der Waals surface area (Å²) in [5, 5.41) is -0.198. The molecule has 0 radical (unpaired) electrons. The van der Waals surface area contributed by atoms with Crippen LogP contribution in [0.5, 0.6) is 0 Å². The molecular formula is C13H10ClF3N2O2S. The molecule has 0 aliphatic carbocycles. The predicted molar refractivity (Wildman–Crippen MR) is 74.7 cm³/mol. The summed E-state index contributed by atoms with van der Waals surface area (Å²) in [6, 6.07) is 7.32. The quantitative estimate of drug-likeness (QED) is 0.921. The van der Waals surface area contributed by atoms with Crippen LogP contribution >= 0.6 is 11.6 Å². The normalized spacial score (nSPS) is 12.4. The summed E-state index contributed by atoms with van der Waals surface area (Å²) in [6.45, 7) is -0.219. The second-order valence-electron chi connectivity index (χ2n) is 4.28. The molecule has 1 aromatic carbocycles. The summed E-state index contributed by atoms with van der Waals surface area (Å²) >= 11 is 5.52. The first-order valence-corrected chi connectivity index (χ1v) is 7.82. The number of halogens is 4. The van der Waals surface area contributed by atoms with Gasteiger partial charge in [-0.15, -0.1) is 0 Å². The number of nitrogens with zero attached hydrogens (tertiary/aromatic N) is 1. The van der Waals surface area contributed by atoms with Crippen molar-refractivity contribution in [1.82, 2.24) is 9.71 Å². The lowest BCUT2D eigenvalue weighted by molar-refractivity contribution is -0.139. The molecule has 0 aliphatic rings. The molecule has 0 saturated carbocycles. The van der Waals surface area contributed by atoms with E-state index in [1.54, 1.807) is 18.2 Å². The van der Waals surface area contributed by atoms with Gasteiger partial charge in [0.1, 0.15) is 0 Å². The van der Waals surface area contributed by atoms with Crippen molar-refractivity contribution in [3.05, 3.63) is 58.9 Å². The molecule has 1 N–H and O–H groups in total. The fraction of sp³-hybridized carbons (Fsp3) is 0.154. The summed E-state index contributed by atoms with van der Waals surface area (Å²) < 4.78 is 65.2. The van der Waals surface area contributed by atoms with Crippen molar-refractivity contribution in [2.75, 3.05) is 0 Å². The lowest BCUT2D eigenvalue weighted by atomic mass is 10.2. The summed E-state index contributed by atoms with van der Waals surface area (Å²) in [4.78, 5) is 3.02. The van der Waals surface area contributed by atoms with E-state index in [0.717, 1.165) is 12.1 Å². The number of benzene rings is 1. The van der Waals surface area contributed by atoms with Gasteiger partial charge in [0.15, 0.2) is 0 Å². The zero-order valence-electron chi connectivity index (χ0n) is 10.9. The van der Waals surface area contributed by atoms with Crippen LogP contribution in [0.4, 0.5) is 13.2 Å². The highest BCUT2D eigenvalue weighted by Gasteiger charge is 2.37. The van der Waals surface area contributed by atoms with E-state index in [1.165, 1.54) is 6.20 Å². The summed E-state index contributed by atoms with van der Waals surface area (Å²) in [7, 11) is -4.36. The number of aromatic nitrogens is 1. The predicted octanol–water partition coefficient (Wildman–Crippen LogP) is 3.23. The van der Waals surface area contributed by atoms with Crippen molar-refractivity contribution in [2.24, 2.45) is 0 Å². The molecule has 0 spiro atoms. The Kier molecular flexibility index (Phi) is 4.74. The first kappa shape index (κ1) is 16.7. The third kappa shape index (κ3) is 3.96. The Morgan fingerprint density at radius 3 is 2.50 bits per heavy atom. The first-order valence-electron chi connectivity index (χ1n) is 5.96. The molecule has 2 rings (SSSR count). The van der Waals surface area contributed by atoms with Gasteiger partial charge in [0.05, 0.1) is 22.7 Å². The molecule has 22 heavy (non-hydrogen) atoms. The number of pyridine rings is 1. The minimum atomic E-state index is -4.83. The largest absolute Gasteiger partial charge is 0.417 e. The van der Waals surface area contributed by atoms with E-state index < -0.39 is 26.7 Å². The van der Waals surface area contributed by atoms with E-state index in [-0.39, 0.29) is 11.6 Å². The standard InChI is InChI=1S/C13H10ClF3N2O2S/c14-9-4-5-12(11(7-9)13(15,16)17)22(20,21)19-8-10-3-1-2-6-18-10/h1-7,19H,8H2. The van der Waals surface area contributed by atoms with E-state index in [0.29, 0.717) is 11.8 Å². The molecule has 0 saturated heterocycles. The summed E-state index contributed by atoms with van der Waals surface area (Å²) in [5.74, 6) is 0. The summed E-state index contributed by atoms with van der Waals surface area (Å²) in [5.41, 5.74) is -0.929. The van der Waals surface area contributed by atoms with Crippen LogP contribution in [-0.4, -0.2) is 13.4 Å². The van der Waals surface area contributed by atoms with Gasteiger partial charge >= 0.3 is 6.18 Å². The zero-order valence-corrected chi connectivity index (χ0v) is 12.5. The van der Waals surface area contributed by atoms with Crippen molar-refractivity contribution in [2.45, 2.75) is 17.6 Å². The van der Waals surface area contributed by atoms with Crippen molar-refractivity contribution >= 4 is 21.6 Å². The highest BCUT2D eigenvalue weighted by Crippen LogP contribution is 2.35. The second-order valence-corrected chi connectivity index (χ2v) is 6.46. The maximum atomic E-state index is 13.0. The van der Waals surface area contributed by atoms with E-state index in [2.05, 4.69) is 9.71 Å². The van der Waals surface area contributed by atoms with Crippen molar-refractivity contribution in [3.63, 3.8) is 0 Å². The highest BCUT2D eigenvalue weighted by molar-refractivity contribution is 7.89.